The number of rotatable bonds is 22. The van der Waals surface area contributed by atoms with E-state index in [1.54, 1.807) is 0 Å². The first-order chi connectivity index (χ1) is 18.7. The first-order valence-electron chi connectivity index (χ1n) is 14.5. The minimum absolute atomic E-state index is 0.326. The van der Waals surface area contributed by atoms with Gasteiger partial charge in [0.1, 0.15) is 11.5 Å². The second kappa shape index (κ2) is 20.9. The van der Waals surface area contributed by atoms with Gasteiger partial charge in [-0.2, -0.15) is 0 Å². The number of carbonyl (C=O) groups is 1. The summed E-state index contributed by atoms with van der Waals surface area (Å²) in [5, 5.41) is 0. The first-order valence-corrected chi connectivity index (χ1v) is 14.5. The summed E-state index contributed by atoms with van der Waals surface area (Å²) in [5.41, 5.74) is 1.96. The summed E-state index contributed by atoms with van der Waals surface area (Å²) in [6.45, 7) is 7.64. The van der Waals surface area contributed by atoms with Gasteiger partial charge in [-0.05, 0) is 73.4 Å². The number of benzene rings is 2. The van der Waals surface area contributed by atoms with Crippen LogP contribution in [0.2, 0.25) is 0 Å². The molecular weight excluding hydrogens is 474 g/mol. The van der Waals surface area contributed by atoms with Gasteiger partial charge in [-0.25, -0.2) is 4.79 Å². The average Bonchev–Trinajstić information content (AvgIpc) is 2.95. The van der Waals surface area contributed by atoms with E-state index in [0.29, 0.717) is 6.61 Å². The van der Waals surface area contributed by atoms with Crippen molar-refractivity contribution in [3.63, 3.8) is 0 Å². The van der Waals surface area contributed by atoms with Crippen LogP contribution < -0.4 is 9.47 Å². The Bertz CT molecular complexity index is 906. The molecule has 0 aliphatic carbocycles. The molecule has 0 N–H and O–H groups in total. The predicted octanol–water partition coefficient (Wildman–Crippen LogP) is 9.02. The minimum Gasteiger partial charge on any atom is -0.494 e. The first kappa shape index (κ1) is 31.1. The highest BCUT2D eigenvalue weighted by atomic mass is 16.5. The van der Waals surface area contributed by atoms with E-state index in [9.17, 15) is 4.79 Å². The molecule has 38 heavy (non-hydrogen) atoms. The topological polar surface area (TPSA) is 57.1 Å². The van der Waals surface area contributed by atoms with Crippen LogP contribution in [0.1, 0.15) is 96.0 Å². The molecule has 208 valence electrons. The van der Waals surface area contributed by atoms with Crippen molar-refractivity contribution in [2.24, 2.45) is 4.99 Å². The molecule has 0 bridgehead atoms. The molecule has 2 aromatic rings. The van der Waals surface area contributed by atoms with Gasteiger partial charge in [0.15, 0.2) is 0 Å². The van der Waals surface area contributed by atoms with Crippen molar-refractivity contribution in [1.29, 1.82) is 0 Å². The van der Waals surface area contributed by atoms with Crippen molar-refractivity contribution in [3.8, 4) is 11.5 Å². The molecule has 5 heteroatoms. The Morgan fingerprint density at radius 2 is 1.16 bits per heavy atom. The lowest BCUT2D eigenvalue weighted by Crippen LogP contribution is -2.01. The summed E-state index contributed by atoms with van der Waals surface area (Å²) in [6, 6.07) is 16.0. The molecule has 0 unspecified atom stereocenters. The van der Waals surface area contributed by atoms with Crippen molar-refractivity contribution >= 4 is 17.9 Å². The largest absolute Gasteiger partial charge is 0.494 e. The smallest absolute Gasteiger partial charge is 0.330 e. The number of hydrogen-bond donors (Lipinski definition) is 0. The van der Waals surface area contributed by atoms with Crippen LogP contribution in [0.25, 0.3) is 0 Å². The Hall–Kier alpha value is -3.08. The summed E-state index contributed by atoms with van der Waals surface area (Å²) in [4.78, 5) is 15.5. The zero-order valence-electron chi connectivity index (χ0n) is 23.4. The van der Waals surface area contributed by atoms with Crippen molar-refractivity contribution in [2.45, 2.75) is 90.4 Å². The molecule has 0 amide bonds. The highest BCUT2D eigenvalue weighted by Gasteiger charge is 1.99. The average molecular weight is 522 g/mol. The van der Waals surface area contributed by atoms with E-state index in [-0.39, 0.29) is 5.97 Å². The molecule has 5 nitrogen and oxygen atoms in total. The molecular formula is C33H47NO4. The summed E-state index contributed by atoms with van der Waals surface area (Å²) in [7, 11) is 0. The number of nitrogens with zero attached hydrogens (tertiary/aromatic N) is 1. The number of ether oxygens (including phenoxy) is 3. The van der Waals surface area contributed by atoms with E-state index in [4.69, 9.17) is 14.2 Å². The van der Waals surface area contributed by atoms with Gasteiger partial charge >= 0.3 is 5.97 Å². The lowest BCUT2D eigenvalue weighted by molar-refractivity contribution is -0.137. The van der Waals surface area contributed by atoms with Crippen molar-refractivity contribution in [2.75, 3.05) is 19.8 Å². The van der Waals surface area contributed by atoms with Gasteiger partial charge in [0.05, 0.1) is 25.5 Å². The summed E-state index contributed by atoms with van der Waals surface area (Å²) in [6.07, 6.45) is 18.5. The van der Waals surface area contributed by atoms with Crippen LogP contribution >= 0.6 is 0 Å². The number of aliphatic imine (C=N–C) groups is 1. The number of hydrogen-bond acceptors (Lipinski definition) is 5. The van der Waals surface area contributed by atoms with Crippen molar-refractivity contribution < 1.29 is 19.0 Å². The molecule has 0 saturated carbocycles. The molecule has 0 atom stereocenters. The van der Waals surface area contributed by atoms with E-state index in [2.05, 4.69) is 18.5 Å². The van der Waals surface area contributed by atoms with E-state index < -0.39 is 0 Å². The Labute approximate surface area is 230 Å². The SMILES string of the molecule is C=CC(=O)OCCCCCCCCCCCOc1ccc(C=Nc2ccc(OCCCCCC)cc2)cc1. The predicted molar refractivity (Wildman–Crippen MR) is 158 cm³/mol. The van der Waals surface area contributed by atoms with E-state index in [1.807, 2.05) is 54.7 Å². The summed E-state index contributed by atoms with van der Waals surface area (Å²) >= 11 is 0. The Morgan fingerprint density at radius 3 is 1.68 bits per heavy atom. The molecule has 0 saturated heterocycles. The second-order valence-electron chi connectivity index (χ2n) is 9.63. The van der Waals surface area contributed by atoms with Crippen molar-refractivity contribution in [1.82, 2.24) is 0 Å². The highest BCUT2D eigenvalue weighted by molar-refractivity contribution is 5.82. The van der Waals surface area contributed by atoms with Crippen LogP contribution in [0.5, 0.6) is 11.5 Å². The lowest BCUT2D eigenvalue weighted by Gasteiger charge is -2.07. The third kappa shape index (κ3) is 15.2. The molecule has 2 rings (SSSR count). The maximum absolute atomic E-state index is 10.9. The van der Waals surface area contributed by atoms with Gasteiger partial charge in [0, 0.05) is 12.3 Å². The molecule has 0 aliphatic heterocycles. The zero-order chi connectivity index (χ0) is 27.1. The number of esters is 1. The normalized spacial score (nSPS) is 11.0. The fraction of sp³-hybridized carbons (Fsp3) is 0.515. The molecule has 0 heterocycles. The van der Waals surface area contributed by atoms with E-state index >= 15 is 0 Å². The Kier molecular flexibility index (Phi) is 17.1. The fourth-order valence-electron chi connectivity index (χ4n) is 4.01. The standard InChI is InChI=1S/C33H47NO4/c1-3-5-6-14-25-37-32-23-19-30(20-24-32)34-28-29-17-21-31(22-18-29)36-26-15-12-10-8-7-9-11-13-16-27-38-33(35)4-2/h4,17-24,28H,2-3,5-16,25-27H2,1H3. The molecule has 0 fully saturated rings. The minimum atomic E-state index is -0.326. The molecule has 0 aromatic heterocycles. The quantitative estimate of drug-likeness (QED) is 0.0671. The van der Waals surface area contributed by atoms with Gasteiger partial charge in [-0.1, -0.05) is 77.7 Å². The van der Waals surface area contributed by atoms with Gasteiger partial charge in [0.2, 0.25) is 0 Å². The molecule has 0 aliphatic rings. The summed E-state index contributed by atoms with van der Waals surface area (Å²) < 4.78 is 16.7. The number of unbranched alkanes of at least 4 members (excludes halogenated alkanes) is 11. The highest BCUT2D eigenvalue weighted by Crippen LogP contribution is 2.19. The molecule has 2 aromatic carbocycles. The van der Waals surface area contributed by atoms with Gasteiger partial charge < -0.3 is 14.2 Å². The van der Waals surface area contributed by atoms with Gasteiger partial charge in [-0.15, -0.1) is 0 Å². The van der Waals surface area contributed by atoms with Gasteiger partial charge in [-0.3, -0.25) is 4.99 Å². The van der Waals surface area contributed by atoms with Crippen LogP contribution in [0.3, 0.4) is 0 Å². The lowest BCUT2D eigenvalue weighted by atomic mass is 10.1. The monoisotopic (exact) mass is 521 g/mol. The maximum Gasteiger partial charge on any atom is 0.330 e. The molecule has 0 spiro atoms. The van der Waals surface area contributed by atoms with Crippen LogP contribution in [0.4, 0.5) is 5.69 Å². The Balaban J connectivity index is 1.49. The van der Waals surface area contributed by atoms with Gasteiger partial charge in [0.25, 0.3) is 0 Å². The summed E-state index contributed by atoms with van der Waals surface area (Å²) in [5.74, 6) is 1.48. The third-order valence-corrected chi connectivity index (χ3v) is 6.31. The van der Waals surface area contributed by atoms with Crippen LogP contribution in [-0.2, 0) is 9.53 Å². The van der Waals surface area contributed by atoms with E-state index in [1.165, 1.54) is 63.9 Å². The third-order valence-electron chi connectivity index (χ3n) is 6.31. The zero-order valence-corrected chi connectivity index (χ0v) is 23.4. The second-order valence-corrected chi connectivity index (χ2v) is 9.63. The fourth-order valence-corrected chi connectivity index (χ4v) is 4.01. The van der Waals surface area contributed by atoms with Crippen LogP contribution in [0, 0.1) is 0 Å². The van der Waals surface area contributed by atoms with Crippen LogP contribution in [0.15, 0.2) is 66.2 Å². The Morgan fingerprint density at radius 1 is 0.684 bits per heavy atom. The molecule has 0 radical (unpaired) electrons. The van der Waals surface area contributed by atoms with E-state index in [0.717, 1.165) is 61.6 Å². The maximum atomic E-state index is 10.9. The van der Waals surface area contributed by atoms with Crippen molar-refractivity contribution in [3.05, 3.63) is 66.7 Å². The number of carbonyl (C=O) groups excluding carboxylic acids is 1. The van der Waals surface area contributed by atoms with Crippen LogP contribution in [-0.4, -0.2) is 32.0 Å².